The van der Waals surface area contributed by atoms with Crippen LogP contribution in [0.5, 0.6) is 5.75 Å². The second-order valence-electron chi connectivity index (χ2n) is 5.67. The van der Waals surface area contributed by atoms with Crippen LogP contribution in [0.1, 0.15) is 33.3 Å². The summed E-state index contributed by atoms with van der Waals surface area (Å²) in [6.45, 7) is 9.95. The van der Waals surface area contributed by atoms with Crippen LogP contribution in [0, 0.1) is 5.92 Å². The highest BCUT2D eigenvalue weighted by molar-refractivity contribution is 5.77. The Hall–Kier alpha value is -1.55. The number of rotatable bonds is 8. The Morgan fingerprint density at radius 2 is 1.80 bits per heavy atom. The van der Waals surface area contributed by atoms with Gasteiger partial charge in [0.25, 0.3) is 5.91 Å². The topological polar surface area (TPSA) is 50.4 Å². The molecule has 1 rings (SSSR count). The fraction of sp³-hybridized carbons (Fsp3) is 0.562. The Morgan fingerprint density at radius 1 is 1.15 bits per heavy atom. The summed E-state index contributed by atoms with van der Waals surface area (Å²) in [4.78, 5) is 11.5. The van der Waals surface area contributed by atoms with Crippen LogP contribution in [0.15, 0.2) is 24.3 Å². The molecule has 2 N–H and O–H groups in total. The minimum atomic E-state index is -0.0794. The van der Waals surface area contributed by atoms with E-state index in [1.54, 1.807) is 0 Å². The third-order valence-corrected chi connectivity index (χ3v) is 2.72. The van der Waals surface area contributed by atoms with E-state index in [-0.39, 0.29) is 12.5 Å². The molecule has 0 saturated heterocycles. The second-order valence-corrected chi connectivity index (χ2v) is 5.67. The molecule has 0 atom stereocenters. The normalized spacial score (nSPS) is 10.9. The fourth-order valence-corrected chi connectivity index (χ4v) is 1.54. The first-order valence-corrected chi connectivity index (χ1v) is 7.19. The molecule has 1 amide bonds. The maximum absolute atomic E-state index is 11.5. The Labute approximate surface area is 121 Å². The molecular weight excluding hydrogens is 252 g/mol. The van der Waals surface area contributed by atoms with Gasteiger partial charge in [-0.25, -0.2) is 0 Å². The van der Waals surface area contributed by atoms with Crippen molar-refractivity contribution in [3.8, 4) is 5.75 Å². The minimum Gasteiger partial charge on any atom is -0.484 e. The van der Waals surface area contributed by atoms with E-state index in [9.17, 15) is 4.79 Å². The molecule has 0 aliphatic heterocycles. The van der Waals surface area contributed by atoms with Gasteiger partial charge in [-0.15, -0.1) is 0 Å². The summed E-state index contributed by atoms with van der Waals surface area (Å²) >= 11 is 0. The van der Waals surface area contributed by atoms with E-state index in [2.05, 4.69) is 38.3 Å². The van der Waals surface area contributed by atoms with Gasteiger partial charge in [0.15, 0.2) is 6.61 Å². The SMILES string of the molecule is CC(C)CNC(=O)COc1ccc(CNC(C)C)cc1. The highest BCUT2D eigenvalue weighted by atomic mass is 16.5. The summed E-state index contributed by atoms with van der Waals surface area (Å²) in [5.74, 6) is 1.09. The van der Waals surface area contributed by atoms with Gasteiger partial charge in [-0.05, 0) is 23.6 Å². The van der Waals surface area contributed by atoms with E-state index in [1.165, 1.54) is 5.56 Å². The number of carbonyl (C=O) groups excluding carboxylic acids is 1. The van der Waals surface area contributed by atoms with Gasteiger partial charge in [-0.2, -0.15) is 0 Å². The van der Waals surface area contributed by atoms with Crippen LogP contribution < -0.4 is 15.4 Å². The summed E-state index contributed by atoms with van der Waals surface area (Å²) < 4.78 is 5.45. The van der Waals surface area contributed by atoms with Crippen LogP contribution in [0.2, 0.25) is 0 Å². The zero-order chi connectivity index (χ0) is 15.0. The summed E-state index contributed by atoms with van der Waals surface area (Å²) in [5, 5.41) is 6.18. The zero-order valence-electron chi connectivity index (χ0n) is 12.9. The third kappa shape index (κ3) is 7.14. The molecular formula is C16H26N2O2. The molecule has 0 heterocycles. The van der Waals surface area contributed by atoms with E-state index in [0.29, 0.717) is 18.5 Å². The fourth-order valence-electron chi connectivity index (χ4n) is 1.54. The van der Waals surface area contributed by atoms with Crippen molar-refractivity contribution in [3.63, 3.8) is 0 Å². The van der Waals surface area contributed by atoms with Gasteiger partial charge in [0, 0.05) is 19.1 Å². The largest absolute Gasteiger partial charge is 0.484 e. The van der Waals surface area contributed by atoms with Crippen LogP contribution in [0.4, 0.5) is 0 Å². The number of amides is 1. The Balaban J connectivity index is 2.32. The number of hydrogen-bond donors (Lipinski definition) is 2. The number of benzene rings is 1. The van der Waals surface area contributed by atoms with Crippen molar-refractivity contribution in [3.05, 3.63) is 29.8 Å². The molecule has 1 aromatic rings. The Morgan fingerprint density at radius 3 is 2.35 bits per heavy atom. The molecule has 0 fully saturated rings. The molecule has 0 bridgehead atoms. The van der Waals surface area contributed by atoms with Crippen molar-refractivity contribution in [2.45, 2.75) is 40.3 Å². The van der Waals surface area contributed by atoms with E-state index in [1.807, 2.05) is 24.3 Å². The smallest absolute Gasteiger partial charge is 0.257 e. The lowest BCUT2D eigenvalue weighted by atomic mass is 10.2. The lowest BCUT2D eigenvalue weighted by Crippen LogP contribution is -2.31. The van der Waals surface area contributed by atoms with Crippen molar-refractivity contribution < 1.29 is 9.53 Å². The van der Waals surface area contributed by atoms with Crippen LogP contribution in [-0.4, -0.2) is 25.1 Å². The van der Waals surface area contributed by atoms with Crippen molar-refractivity contribution >= 4 is 5.91 Å². The average Bonchev–Trinajstić information content (AvgIpc) is 2.41. The standard InChI is InChI=1S/C16H26N2O2/c1-12(2)9-18-16(19)11-20-15-7-5-14(6-8-15)10-17-13(3)4/h5-8,12-13,17H,9-11H2,1-4H3,(H,18,19). The van der Waals surface area contributed by atoms with Gasteiger partial charge in [-0.1, -0.05) is 39.8 Å². The average molecular weight is 278 g/mol. The number of carbonyl (C=O) groups is 1. The summed E-state index contributed by atoms with van der Waals surface area (Å²) in [7, 11) is 0. The molecule has 0 aromatic heterocycles. The maximum Gasteiger partial charge on any atom is 0.257 e. The van der Waals surface area contributed by atoms with Crippen LogP contribution in [-0.2, 0) is 11.3 Å². The highest BCUT2D eigenvalue weighted by Gasteiger charge is 2.03. The van der Waals surface area contributed by atoms with Crippen LogP contribution in [0.25, 0.3) is 0 Å². The molecule has 0 aliphatic rings. The van der Waals surface area contributed by atoms with Crippen molar-refractivity contribution in [2.24, 2.45) is 5.92 Å². The van der Waals surface area contributed by atoms with Gasteiger partial charge in [0.05, 0.1) is 0 Å². The van der Waals surface area contributed by atoms with Gasteiger partial charge >= 0.3 is 0 Å². The molecule has 0 spiro atoms. The van der Waals surface area contributed by atoms with Gasteiger partial charge in [0.2, 0.25) is 0 Å². The van der Waals surface area contributed by atoms with E-state index < -0.39 is 0 Å². The third-order valence-electron chi connectivity index (χ3n) is 2.72. The van der Waals surface area contributed by atoms with Gasteiger partial charge in [-0.3, -0.25) is 4.79 Å². The summed E-state index contributed by atoms with van der Waals surface area (Å²) in [6, 6.07) is 8.28. The van der Waals surface area contributed by atoms with E-state index in [4.69, 9.17) is 4.74 Å². The Kier molecular flexibility index (Phi) is 7.09. The van der Waals surface area contributed by atoms with E-state index >= 15 is 0 Å². The van der Waals surface area contributed by atoms with Crippen molar-refractivity contribution in [2.75, 3.05) is 13.2 Å². The van der Waals surface area contributed by atoms with Gasteiger partial charge in [0.1, 0.15) is 5.75 Å². The molecule has 1 aromatic carbocycles. The first-order valence-electron chi connectivity index (χ1n) is 7.19. The molecule has 0 radical (unpaired) electrons. The first kappa shape index (κ1) is 16.5. The first-order chi connectivity index (χ1) is 9.47. The predicted octanol–water partition coefficient (Wildman–Crippen LogP) is 2.34. The van der Waals surface area contributed by atoms with Crippen molar-refractivity contribution in [1.29, 1.82) is 0 Å². The summed E-state index contributed by atoms with van der Waals surface area (Å²) in [5.41, 5.74) is 1.20. The maximum atomic E-state index is 11.5. The molecule has 4 heteroatoms. The predicted molar refractivity (Wildman–Crippen MR) is 81.8 cm³/mol. The van der Waals surface area contributed by atoms with Gasteiger partial charge < -0.3 is 15.4 Å². The number of ether oxygens (including phenoxy) is 1. The second kappa shape index (κ2) is 8.59. The zero-order valence-corrected chi connectivity index (χ0v) is 12.9. The summed E-state index contributed by atoms with van der Waals surface area (Å²) in [6.07, 6.45) is 0. The van der Waals surface area contributed by atoms with Crippen molar-refractivity contribution in [1.82, 2.24) is 10.6 Å². The van der Waals surface area contributed by atoms with Crippen LogP contribution >= 0.6 is 0 Å². The van der Waals surface area contributed by atoms with E-state index in [0.717, 1.165) is 12.3 Å². The molecule has 20 heavy (non-hydrogen) atoms. The van der Waals surface area contributed by atoms with Crippen LogP contribution in [0.3, 0.4) is 0 Å². The lowest BCUT2D eigenvalue weighted by Gasteiger charge is -2.10. The molecule has 0 unspecified atom stereocenters. The minimum absolute atomic E-state index is 0.0658. The highest BCUT2D eigenvalue weighted by Crippen LogP contribution is 2.12. The quantitative estimate of drug-likeness (QED) is 0.767. The molecule has 4 nitrogen and oxygen atoms in total. The Bertz CT molecular complexity index is 399. The number of hydrogen-bond acceptors (Lipinski definition) is 3. The molecule has 0 aliphatic carbocycles. The number of nitrogens with one attached hydrogen (secondary N) is 2. The lowest BCUT2D eigenvalue weighted by molar-refractivity contribution is -0.123. The molecule has 0 saturated carbocycles. The monoisotopic (exact) mass is 278 g/mol. The molecule has 112 valence electrons.